The van der Waals surface area contributed by atoms with Crippen LogP contribution < -0.4 is 21.2 Å². The van der Waals surface area contributed by atoms with E-state index < -0.39 is 46.9 Å². The third-order valence-corrected chi connectivity index (χ3v) is 62.2. The second kappa shape index (κ2) is 84.7. The van der Waals surface area contributed by atoms with Gasteiger partial charge in [0.15, 0.2) is 30.4 Å². The quantitative estimate of drug-likeness (QED) is 0.0427. The molecule has 33 heteroatoms. The Labute approximate surface area is 923 Å². The predicted molar refractivity (Wildman–Crippen MR) is 615 cm³/mol. The van der Waals surface area contributed by atoms with Crippen LogP contribution in [-0.2, 0) is 108 Å². The van der Waals surface area contributed by atoms with Crippen LogP contribution in [-0.4, -0.2) is 171 Å². The van der Waals surface area contributed by atoms with Crippen molar-refractivity contribution in [2.24, 2.45) is 0 Å². The molecule has 141 heavy (non-hydrogen) atoms. The molecule has 0 spiro atoms. The zero-order valence-electron chi connectivity index (χ0n) is 89.7. The van der Waals surface area contributed by atoms with Crippen molar-refractivity contribution in [3.8, 4) is 0 Å². The summed E-state index contributed by atoms with van der Waals surface area (Å²) in [4.78, 5) is 0. The molecule has 8 heterocycles. The monoisotopic (exact) mass is 2560 g/mol. The molecule has 8 saturated heterocycles. The van der Waals surface area contributed by atoms with Gasteiger partial charge in [0.25, 0.3) is 0 Å². The van der Waals surface area contributed by atoms with Crippen molar-refractivity contribution in [1.82, 2.24) is 0 Å². The summed E-state index contributed by atoms with van der Waals surface area (Å²) in [6, 6.07) is 19.3. The summed E-state index contributed by atoms with van der Waals surface area (Å²) in [5, 5.41) is 7.35. The van der Waals surface area contributed by atoms with Crippen LogP contribution in [0.15, 0.2) is 146 Å². The van der Waals surface area contributed by atoms with Crippen molar-refractivity contribution in [1.29, 1.82) is 0 Å². The van der Waals surface area contributed by atoms with Crippen molar-refractivity contribution in [3.63, 3.8) is 0 Å². The van der Waals surface area contributed by atoms with Gasteiger partial charge in [0.2, 0.25) is 0 Å². The van der Waals surface area contributed by atoms with Gasteiger partial charge < -0.3 is 73.1 Å². The molecule has 0 amide bonds. The summed E-state index contributed by atoms with van der Waals surface area (Å²) < 4.78 is 177. The van der Waals surface area contributed by atoms with E-state index in [1.807, 2.05) is 21.2 Å². The molecule has 8 fully saturated rings. The molecule has 14 rings (SSSR count). The third-order valence-electron chi connectivity index (χ3n) is 28.3. The van der Waals surface area contributed by atoms with E-state index in [1.54, 1.807) is 76.0 Å². The van der Waals surface area contributed by atoms with Crippen molar-refractivity contribution in [3.05, 3.63) is 205 Å². The van der Waals surface area contributed by atoms with Gasteiger partial charge in [0.1, 0.15) is 21.2 Å². The number of benzene rings is 2. The molecular weight excluding hydrogens is 2370 g/mol. The van der Waals surface area contributed by atoms with Crippen LogP contribution in [0.3, 0.4) is 0 Å². The van der Waals surface area contributed by atoms with E-state index in [0.29, 0.717) is 0 Å². The molecule has 0 unspecified atom stereocenters. The van der Waals surface area contributed by atoms with Crippen LogP contribution in [0.1, 0.15) is 324 Å². The Hall–Kier alpha value is 1.39. The second-order valence-electron chi connectivity index (χ2n) is 38.3. The standard InChI is InChI=1S/2C18H28P2.2C14H28P2.4C8H12.3CHF3O3S.CH4.8CH3.4Rh/c2*1-13-9-10-14(2)19(13)17-7-5-6-8-18(17)20-15(3)11-12-16(20)4;2*1-11-5-6-12(2)15(11)9-10-16-13(3)7-8-14(16)4;4*1-2-4-6-8-7-5-3-1;3*2-1(3,4)8(5,6)7;;;;;;;;;;;;;/h2*5-8,13-16H,9-12H2,1-4H3;2*11-14H,5-10H2,1-4H3;4*1-2,7-8H,3-6H2;3*(H,5,6,7);1H4;8*1H3;;;;/q;;;;;;;;;;;;8*-1;4*+3/p+5/b;;;;4*2-1-,8-7?;;;;;;;;;;;;;;;;/t2*13-,14-,15-,16-;2*11-,12-,13-,14-;;;;;;;;;;;;;;;;;;;;/m1010..................../s1. The Morgan fingerprint density at radius 3 is 0.390 bits per heavy atom. The maximum Gasteiger partial charge on any atom is 3.00 e. The Bertz CT molecular complexity index is 3410. The van der Waals surface area contributed by atoms with Gasteiger partial charge in [0.05, 0.1) is 115 Å². The molecule has 2 aromatic rings. The fraction of sp³-hybridized carbons (Fsp3) is 0.667. The molecule has 16 atom stereocenters. The van der Waals surface area contributed by atoms with Crippen LogP contribution >= 0.6 is 63.4 Å². The molecule has 9 nitrogen and oxygen atoms in total. The van der Waals surface area contributed by atoms with E-state index in [0.717, 1.165) is 90.5 Å². The number of hydrogen-bond donors (Lipinski definition) is 0. The summed E-state index contributed by atoms with van der Waals surface area (Å²) in [5.74, 6) is 0. The van der Waals surface area contributed by atoms with E-state index >= 15 is 0 Å². The predicted octanol–water partition coefficient (Wildman–Crippen LogP) is 33.2. The van der Waals surface area contributed by atoms with Gasteiger partial charge in [-0.25, -0.2) is 25.3 Å². The van der Waals surface area contributed by atoms with Gasteiger partial charge >= 0.3 is 94.4 Å². The summed E-state index contributed by atoms with van der Waals surface area (Å²) in [6.07, 6.45) is 86.8. The SMILES string of the molecule is C.C1=CCC/C=C\CC1.C1=CCC/C=C\CC1.C1=CCC/C=C\CC1.C1=CCC/C=C\CC1.C[C@@H]1CC[C@@H](C)[PH+]1CC[PH+]1[C@H](C)CC[C@H]1C.C[C@@H]1CC[C@@H](C)[PH+]1c1ccccc1[PH+]1[C@H](C)CC[C@H]1C.C[C@H]1CC[C@H](C)[PH+]1CC[PH+]1[C@@H](C)CC[C@@H]1C.C[C@H]1CC[C@H](C)[PH+]1c1ccccc1[PH+]1[C@@H](C)CC[C@@H]1C.O=S(=O)([O-])C(F)(F)F.O=S(=O)([O-])C(F)(F)F.O=S(=O)([O-])C(F)(F)F.[CH3-].[CH3-].[CH3-].[CH3-].[CH3-].[CH3-].[CH3-].[CH3-].[Rh+3].[Rh+3].[Rh+3].[Rh+3]. The number of allylic oxidation sites excluding steroid dienone is 16. The molecule has 0 saturated carbocycles. The first-order chi connectivity index (χ1) is 60.1. The van der Waals surface area contributed by atoms with E-state index in [4.69, 9.17) is 38.9 Å². The largest absolute Gasteiger partial charge is 3.00 e. The summed E-state index contributed by atoms with van der Waals surface area (Å²) >= 11 is 0. The normalized spacial score (nSPS) is 27.5. The van der Waals surface area contributed by atoms with Gasteiger partial charge in [-0.1, -0.05) is 129 Å². The Morgan fingerprint density at radius 2 is 0.305 bits per heavy atom. The minimum absolute atomic E-state index is 0. The molecule has 0 radical (unpaired) electrons. The number of hydrogen-bond acceptors (Lipinski definition) is 9. The Kier molecular flexibility index (Phi) is 97.6. The molecule has 2 aromatic carbocycles. The number of rotatable bonds is 10. The summed E-state index contributed by atoms with van der Waals surface area (Å²) in [7, 11) is -19.5. The molecule has 830 valence electrons. The smallest absolute Gasteiger partial charge is 0.741 e. The summed E-state index contributed by atoms with van der Waals surface area (Å²) in [6.45, 7) is 40.5. The third kappa shape index (κ3) is 60.9. The van der Waals surface area contributed by atoms with Crippen molar-refractivity contribution in [2.75, 3.05) is 24.6 Å². The molecule has 0 bridgehead atoms. The average Bonchev–Trinajstić information content (AvgIpc) is 1.65. The minimum atomic E-state index is -6.09. The van der Waals surface area contributed by atoms with Gasteiger partial charge in [-0.05, 0) is 341 Å². The van der Waals surface area contributed by atoms with Crippen molar-refractivity contribution in [2.45, 2.75) is 431 Å². The topological polar surface area (TPSA) is 172 Å². The van der Waals surface area contributed by atoms with E-state index in [9.17, 15) is 39.5 Å². The van der Waals surface area contributed by atoms with E-state index in [1.165, 1.54) is 154 Å². The molecule has 0 aromatic heterocycles. The fourth-order valence-corrected chi connectivity index (χ4v) is 53.8. The fourth-order valence-electron chi connectivity index (χ4n) is 20.7. The van der Waals surface area contributed by atoms with Crippen LogP contribution in [0, 0.1) is 59.4 Å². The van der Waals surface area contributed by atoms with Crippen molar-refractivity contribution >= 4 is 115 Å². The number of halogens is 9. The molecule has 4 aliphatic carbocycles. The Balaban J connectivity index is -0.000000169. The first-order valence-electron chi connectivity index (χ1n) is 48.5. The van der Waals surface area contributed by atoms with E-state index in [2.05, 4.69) is 257 Å². The van der Waals surface area contributed by atoms with Gasteiger partial charge in [-0.3, -0.25) is 0 Å². The molecule has 8 aliphatic heterocycles. The Morgan fingerprint density at radius 1 is 0.220 bits per heavy atom. The van der Waals surface area contributed by atoms with Crippen LogP contribution in [0.4, 0.5) is 39.5 Å². The zero-order chi connectivity index (χ0) is 95.6. The first-order valence-corrected chi connectivity index (χ1v) is 66.8. The molecular formula is C108H196F9O9P8Rh4S3+9. The van der Waals surface area contributed by atoms with Crippen LogP contribution in [0.2, 0.25) is 0 Å². The number of alkyl halides is 9. The van der Waals surface area contributed by atoms with Gasteiger partial charge in [0, 0.05) is 63.4 Å². The van der Waals surface area contributed by atoms with Gasteiger partial charge in [-0.15, -0.1) is 0 Å². The second-order valence-corrected chi connectivity index (χ2v) is 70.6. The first kappa shape index (κ1) is 162. The maximum atomic E-state index is 10.7. The average molecular weight is 2570 g/mol. The van der Waals surface area contributed by atoms with Crippen LogP contribution in [0.25, 0.3) is 0 Å². The van der Waals surface area contributed by atoms with E-state index in [-0.39, 0.29) is 208 Å². The van der Waals surface area contributed by atoms with Crippen molar-refractivity contribution < 1.29 is 156 Å². The zero-order valence-corrected chi connectivity index (χ0v) is 107. The van der Waals surface area contributed by atoms with Gasteiger partial charge in [-0.2, -0.15) is 39.5 Å². The molecule has 0 N–H and O–H groups in total. The summed E-state index contributed by atoms with van der Waals surface area (Å²) in [5.41, 5.74) is -0.157. The maximum absolute atomic E-state index is 10.7. The van der Waals surface area contributed by atoms with Crippen LogP contribution in [0.5, 0.6) is 0 Å². The molecule has 12 aliphatic rings. The minimum Gasteiger partial charge on any atom is -0.741 e.